The van der Waals surface area contributed by atoms with Gasteiger partial charge in [0.1, 0.15) is 17.5 Å². The summed E-state index contributed by atoms with van der Waals surface area (Å²) in [6.45, 7) is 7.21. The number of nitrogens with one attached hydrogen (secondary N) is 1. The Hall–Kier alpha value is -1.36. The van der Waals surface area contributed by atoms with E-state index >= 15 is 0 Å². The van der Waals surface area contributed by atoms with Gasteiger partial charge in [-0.3, -0.25) is 0 Å². The van der Waals surface area contributed by atoms with Gasteiger partial charge in [-0.05, 0) is 25.7 Å². The summed E-state index contributed by atoms with van der Waals surface area (Å²) in [4.78, 5) is 11.5. The second kappa shape index (κ2) is 5.95. The van der Waals surface area contributed by atoms with E-state index in [4.69, 9.17) is 4.98 Å². The number of hydrogen-bond donors (Lipinski definition) is 2. The Labute approximate surface area is 121 Å². The first-order chi connectivity index (χ1) is 9.42. The summed E-state index contributed by atoms with van der Waals surface area (Å²) in [5.74, 6) is 3.65. The molecular weight excluding hydrogens is 252 g/mol. The number of nitrogens with zero attached hydrogens (tertiary/aromatic N) is 3. The van der Waals surface area contributed by atoms with Crippen LogP contribution >= 0.6 is 0 Å². The van der Waals surface area contributed by atoms with Gasteiger partial charge in [-0.15, -0.1) is 0 Å². The van der Waals surface area contributed by atoms with E-state index in [9.17, 15) is 5.11 Å². The molecule has 1 saturated carbocycles. The maximum absolute atomic E-state index is 9.40. The van der Waals surface area contributed by atoms with E-state index < -0.39 is 0 Å². The fourth-order valence-corrected chi connectivity index (χ4v) is 2.72. The Morgan fingerprint density at radius 1 is 1.35 bits per heavy atom. The summed E-state index contributed by atoms with van der Waals surface area (Å²) >= 11 is 0. The normalized spacial score (nSPS) is 21.8. The smallest absolute Gasteiger partial charge is 0.137 e. The van der Waals surface area contributed by atoms with E-state index in [1.54, 1.807) is 0 Å². The highest BCUT2D eigenvalue weighted by Gasteiger charge is 2.29. The minimum Gasteiger partial charge on any atom is -0.393 e. The molecule has 0 saturated heterocycles. The molecule has 1 fully saturated rings. The highest BCUT2D eigenvalue weighted by Crippen LogP contribution is 2.31. The van der Waals surface area contributed by atoms with Gasteiger partial charge >= 0.3 is 0 Å². The Bertz CT molecular complexity index is 469. The third kappa shape index (κ3) is 3.03. The highest BCUT2D eigenvalue weighted by atomic mass is 16.3. The third-order valence-electron chi connectivity index (χ3n) is 4.00. The molecule has 1 aliphatic rings. The third-order valence-corrected chi connectivity index (χ3v) is 4.00. The van der Waals surface area contributed by atoms with Crippen LogP contribution in [0.4, 0.5) is 11.6 Å². The van der Waals surface area contributed by atoms with Crippen LogP contribution in [0.2, 0.25) is 0 Å². The minimum absolute atomic E-state index is 0.0982. The van der Waals surface area contributed by atoms with Gasteiger partial charge in [0.2, 0.25) is 0 Å². The quantitative estimate of drug-likeness (QED) is 0.864. The minimum atomic E-state index is -0.0982. The summed E-state index contributed by atoms with van der Waals surface area (Å²) in [6.07, 6.45) is 1.72. The van der Waals surface area contributed by atoms with E-state index in [1.165, 1.54) is 0 Å². The summed E-state index contributed by atoms with van der Waals surface area (Å²) < 4.78 is 0. The lowest BCUT2D eigenvalue weighted by molar-refractivity contribution is 0.0464. The first-order valence-electron chi connectivity index (χ1n) is 7.37. The van der Waals surface area contributed by atoms with Gasteiger partial charge in [-0.2, -0.15) is 0 Å². The SMILES string of the molecule is CNc1nc(C(C)C)nc(N(C)CC2CC(O)C2)c1C. The molecule has 5 nitrogen and oxygen atoms in total. The zero-order chi connectivity index (χ0) is 14.9. The van der Waals surface area contributed by atoms with E-state index in [2.05, 4.69) is 43.0 Å². The van der Waals surface area contributed by atoms with E-state index in [1.807, 2.05) is 7.05 Å². The number of hydrogen-bond acceptors (Lipinski definition) is 5. The molecule has 0 radical (unpaired) electrons. The summed E-state index contributed by atoms with van der Waals surface area (Å²) in [5.41, 5.74) is 1.08. The van der Waals surface area contributed by atoms with Gasteiger partial charge in [-0.1, -0.05) is 13.8 Å². The Balaban J connectivity index is 2.22. The number of rotatable bonds is 5. The van der Waals surface area contributed by atoms with Gasteiger partial charge in [0, 0.05) is 32.1 Å². The van der Waals surface area contributed by atoms with Crippen molar-refractivity contribution in [2.75, 3.05) is 30.9 Å². The predicted octanol–water partition coefficient (Wildman–Crippen LogP) is 2.16. The van der Waals surface area contributed by atoms with Crippen molar-refractivity contribution in [1.82, 2.24) is 9.97 Å². The molecule has 0 atom stereocenters. The fraction of sp³-hybridized carbons (Fsp3) is 0.733. The maximum atomic E-state index is 9.40. The van der Waals surface area contributed by atoms with Crippen molar-refractivity contribution in [2.24, 2.45) is 5.92 Å². The van der Waals surface area contributed by atoms with Gasteiger partial charge in [0.25, 0.3) is 0 Å². The standard InChI is InChI=1S/C15H26N4O/c1-9(2)13-17-14(16-4)10(3)15(18-13)19(5)8-11-6-12(20)7-11/h9,11-12,20H,6-8H2,1-5H3,(H,16,17,18). The van der Waals surface area contributed by atoms with Crippen LogP contribution in [0.5, 0.6) is 0 Å². The van der Waals surface area contributed by atoms with Crippen molar-refractivity contribution < 1.29 is 5.11 Å². The van der Waals surface area contributed by atoms with Crippen LogP contribution in [0, 0.1) is 12.8 Å². The number of aliphatic hydroxyl groups excluding tert-OH is 1. The molecule has 112 valence electrons. The molecule has 0 aliphatic heterocycles. The molecule has 0 unspecified atom stereocenters. The zero-order valence-electron chi connectivity index (χ0n) is 13.1. The van der Waals surface area contributed by atoms with Crippen LogP contribution in [0.3, 0.4) is 0 Å². The topological polar surface area (TPSA) is 61.3 Å². The number of aromatic nitrogens is 2. The van der Waals surface area contributed by atoms with Crippen molar-refractivity contribution in [2.45, 2.75) is 45.6 Å². The second-order valence-corrected chi connectivity index (χ2v) is 6.16. The summed E-state index contributed by atoms with van der Waals surface area (Å²) in [7, 11) is 3.97. The first-order valence-corrected chi connectivity index (χ1v) is 7.37. The molecule has 20 heavy (non-hydrogen) atoms. The predicted molar refractivity (Wildman–Crippen MR) is 82.4 cm³/mol. The van der Waals surface area contributed by atoms with Gasteiger partial charge in [0.15, 0.2) is 0 Å². The zero-order valence-corrected chi connectivity index (χ0v) is 13.1. The Kier molecular flexibility index (Phi) is 4.48. The van der Waals surface area contributed by atoms with E-state index in [0.29, 0.717) is 11.8 Å². The van der Waals surface area contributed by atoms with Gasteiger partial charge in [-0.25, -0.2) is 9.97 Å². The molecule has 0 spiro atoms. The van der Waals surface area contributed by atoms with Crippen LogP contribution in [-0.4, -0.2) is 41.8 Å². The summed E-state index contributed by atoms with van der Waals surface area (Å²) in [5, 5.41) is 12.6. The van der Waals surface area contributed by atoms with Gasteiger partial charge < -0.3 is 15.3 Å². The van der Waals surface area contributed by atoms with Crippen LogP contribution in [0.1, 0.15) is 44.0 Å². The monoisotopic (exact) mass is 278 g/mol. The Morgan fingerprint density at radius 2 is 2.00 bits per heavy atom. The lowest BCUT2D eigenvalue weighted by atomic mass is 9.82. The average molecular weight is 278 g/mol. The lowest BCUT2D eigenvalue weighted by Gasteiger charge is -2.35. The molecule has 1 aliphatic carbocycles. The molecule has 5 heteroatoms. The fourth-order valence-electron chi connectivity index (χ4n) is 2.72. The molecule has 2 N–H and O–H groups in total. The van der Waals surface area contributed by atoms with Crippen LogP contribution in [-0.2, 0) is 0 Å². The molecule has 1 heterocycles. The molecule has 2 rings (SSSR count). The molecule has 1 aromatic heterocycles. The van der Waals surface area contributed by atoms with Gasteiger partial charge in [0.05, 0.1) is 6.10 Å². The van der Waals surface area contributed by atoms with E-state index in [-0.39, 0.29) is 6.10 Å². The van der Waals surface area contributed by atoms with Crippen molar-refractivity contribution in [1.29, 1.82) is 0 Å². The molecular formula is C15H26N4O. The van der Waals surface area contributed by atoms with Crippen LogP contribution < -0.4 is 10.2 Å². The maximum Gasteiger partial charge on any atom is 0.137 e. The molecule has 0 aromatic carbocycles. The second-order valence-electron chi connectivity index (χ2n) is 6.16. The molecule has 0 bridgehead atoms. The van der Waals surface area contributed by atoms with Crippen LogP contribution in [0.25, 0.3) is 0 Å². The van der Waals surface area contributed by atoms with Crippen molar-refractivity contribution in [3.63, 3.8) is 0 Å². The van der Waals surface area contributed by atoms with Crippen LogP contribution in [0.15, 0.2) is 0 Å². The Morgan fingerprint density at radius 3 is 2.50 bits per heavy atom. The molecule has 1 aromatic rings. The largest absolute Gasteiger partial charge is 0.393 e. The van der Waals surface area contributed by atoms with E-state index in [0.717, 1.165) is 42.4 Å². The van der Waals surface area contributed by atoms with Crippen molar-refractivity contribution >= 4 is 11.6 Å². The lowest BCUT2D eigenvalue weighted by Crippen LogP contribution is -2.37. The summed E-state index contributed by atoms with van der Waals surface area (Å²) in [6, 6.07) is 0. The molecule has 0 amide bonds. The number of aliphatic hydroxyl groups is 1. The average Bonchev–Trinajstić information content (AvgIpc) is 2.36. The van der Waals surface area contributed by atoms with Crippen molar-refractivity contribution in [3.8, 4) is 0 Å². The highest BCUT2D eigenvalue weighted by molar-refractivity contribution is 5.58. The number of anilines is 2. The van der Waals surface area contributed by atoms with Crippen molar-refractivity contribution in [3.05, 3.63) is 11.4 Å². The first kappa shape index (κ1) is 15.0.